The molecule has 0 saturated heterocycles. The number of aryl methyl sites for hydroxylation is 1. The van der Waals surface area contributed by atoms with Crippen molar-refractivity contribution in [3.8, 4) is 0 Å². The number of nitrogen functional groups attached to an aromatic ring is 1. The molecule has 0 spiro atoms. The molecule has 0 radical (unpaired) electrons. The number of rotatable bonds is 4. The number of aliphatic hydroxyl groups is 2. The molecule has 7 nitrogen and oxygen atoms in total. The third-order valence-corrected chi connectivity index (χ3v) is 2.26. The van der Waals surface area contributed by atoms with Crippen LogP contribution in [-0.4, -0.2) is 38.5 Å². The number of amides is 1. The van der Waals surface area contributed by atoms with E-state index in [0.717, 1.165) is 0 Å². The van der Waals surface area contributed by atoms with Crippen LogP contribution in [0.3, 0.4) is 0 Å². The Balaban J connectivity index is 2.66. The second-order valence-corrected chi connectivity index (χ2v) is 3.56. The highest BCUT2D eigenvalue weighted by molar-refractivity contribution is 5.72. The molecule has 1 aromatic rings. The third-order valence-electron chi connectivity index (χ3n) is 2.26. The van der Waals surface area contributed by atoms with Gasteiger partial charge in [-0.05, 0) is 0 Å². The zero-order chi connectivity index (χ0) is 12.3. The van der Waals surface area contributed by atoms with Gasteiger partial charge in [0.05, 0.1) is 6.20 Å². The Labute approximate surface area is 92.9 Å². The number of hydrogen-bond donors (Lipinski definition) is 4. The van der Waals surface area contributed by atoms with Crippen molar-refractivity contribution >= 4 is 11.7 Å². The molecule has 0 fully saturated rings. The first-order chi connectivity index (χ1) is 7.43. The third kappa shape index (κ3) is 2.71. The number of nitrogens with two attached hydrogens (primary N) is 1. The molecule has 2 unspecified atom stereocenters. The number of hydrogen-bond acceptors (Lipinski definition) is 5. The van der Waals surface area contributed by atoms with Crippen molar-refractivity contribution in [3.05, 3.63) is 11.8 Å². The van der Waals surface area contributed by atoms with Gasteiger partial charge >= 0.3 is 0 Å². The molecule has 90 valence electrons. The van der Waals surface area contributed by atoms with Gasteiger partial charge in [-0.2, -0.15) is 5.10 Å². The maximum Gasteiger partial charge on any atom is 0.216 e. The van der Waals surface area contributed by atoms with E-state index < -0.39 is 12.2 Å². The molecule has 16 heavy (non-hydrogen) atoms. The first kappa shape index (κ1) is 12.5. The van der Waals surface area contributed by atoms with Gasteiger partial charge in [0.25, 0.3) is 0 Å². The average molecular weight is 228 g/mol. The van der Waals surface area contributed by atoms with Crippen LogP contribution in [0.2, 0.25) is 0 Å². The Bertz CT molecular complexity index is 377. The van der Waals surface area contributed by atoms with Crippen LogP contribution in [0.4, 0.5) is 5.82 Å². The molecule has 2 atom stereocenters. The van der Waals surface area contributed by atoms with Crippen LogP contribution in [0, 0.1) is 0 Å². The Morgan fingerprint density at radius 1 is 1.69 bits per heavy atom. The van der Waals surface area contributed by atoms with Crippen molar-refractivity contribution in [2.45, 2.75) is 19.1 Å². The minimum Gasteiger partial charge on any atom is -0.388 e. The lowest BCUT2D eigenvalue weighted by Crippen LogP contribution is -2.34. The van der Waals surface area contributed by atoms with Gasteiger partial charge in [0.15, 0.2) is 0 Å². The van der Waals surface area contributed by atoms with Crippen molar-refractivity contribution < 1.29 is 15.0 Å². The minimum absolute atomic E-state index is 0.0369. The van der Waals surface area contributed by atoms with Crippen LogP contribution < -0.4 is 11.1 Å². The molecule has 0 saturated carbocycles. The summed E-state index contributed by atoms with van der Waals surface area (Å²) < 4.78 is 1.39. The summed E-state index contributed by atoms with van der Waals surface area (Å²) in [5.41, 5.74) is 5.99. The van der Waals surface area contributed by atoms with Gasteiger partial charge in [0.1, 0.15) is 18.0 Å². The maximum absolute atomic E-state index is 10.6. The summed E-state index contributed by atoms with van der Waals surface area (Å²) in [6.45, 7) is 1.29. The van der Waals surface area contributed by atoms with E-state index >= 15 is 0 Å². The van der Waals surface area contributed by atoms with Gasteiger partial charge in [0, 0.05) is 26.1 Å². The molecule has 7 heteroatoms. The second kappa shape index (κ2) is 4.95. The minimum atomic E-state index is -1.17. The molecule has 1 amide bonds. The molecule has 0 bridgehead atoms. The fraction of sp³-hybridized carbons (Fsp3) is 0.556. The van der Waals surface area contributed by atoms with Crippen molar-refractivity contribution in [3.63, 3.8) is 0 Å². The lowest BCUT2D eigenvalue weighted by molar-refractivity contribution is -0.119. The number of aromatic nitrogens is 2. The van der Waals surface area contributed by atoms with E-state index in [1.807, 2.05) is 0 Å². The zero-order valence-corrected chi connectivity index (χ0v) is 9.21. The predicted octanol–water partition coefficient (Wildman–Crippen LogP) is -1.47. The molecular formula is C9H16N4O3. The number of carbonyl (C=O) groups is 1. The van der Waals surface area contributed by atoms with Gasteiger partial charge in [0.2, 0.25) is 5.91 Å². The molecule has 0 aliphatic carbocycles. The fourth-order valence-electron chi connectivity index (χ4n) is 1.26. The molecular weight excluding hydrogens is 212 g/mol. The van der Waals surface area contributed by atoms with Gasteiger partial charge in [-0.1, -0.05) is 0 Å². The Morgan fingerprint density at radius 2 is 2.31 bits per heavy atom. The van der Waals surface area contributed by atoms with E-state index in [-0.39, 0.29) is 18.3 Å². The fourth-order valence-corrected chi connectivity index (χ4v) is 1.26. The summed E-state index contributed by atoms with van der Waals surface area (Å²) in [4.78, 5) is 10.6. The Hall–Kier alpha value is -1.60. The summed E-state index contributed by atoms with van der Waals surface area (Å²) in [6, 6.07) is 0. The zero-order valence-electron chi connectivity index (χ0n) is 9.21. The standard InChI is InChI=1S/C9H16N4O3/c1-5(14)11-4-7(15)8(16)6-3-12-13(2)9(6)10/h3,7-8,15-16H,4,10H2,1-2H3,(H,11,14). The summed E-state index contributed by atoms with van der Waals surface area (Å²) in [6.07, 6.45) is -0.896. The highest BCUT2D eigenvalue weighted by Gasteiger charge is 2.22. The van der Waals surface area contributed by atoms with Crippen molar-refractivity contribution in [2.24, 2.45) is 7.05 Å². The molecule has 0 aliphatic heterocycles. The lowest BCUT2D eigenvalue weighted by atomic mass is 10.1. The Morgan fingerprint density at radius 3 is 2.75 bits per heavy atom. The normalized spacial score (nSPS) is 14.5. The van der Waals surface area contributed by atoms with Crippen LogP contribution in [-0.2, 0) is 11.8 Å². The SMILES string of the molecule is CC(=O)NCC(O)C(O)c1cnn(C)c1N. The quantitative estimate of drug-likeness (QED) is 0.502. The van der Waals surface area contributed by atoms with Crippen molar-refractivity contribution in [1.82, 2.24) is 15.1 Å². The number of nitrogens with zero attached hydrogens (tertiary/aromatic N) is 2. The summed E-state index contributed by atoms with van der Waals surface area (Å²) in [5, 5.41) is 25.6. The summed E-state index contributed by atoms with van der Waals surface area (Å²) in [5.74, 6) is 0.0137. The first-order valence-electron chi connectivity index (χ1n) is 4.81. The van der Waals surface area contributed by atoms with Crippen LogP contribution in [0.5, 0.6) is 0 Å². The molecule has 0 aliphatic rings. The highest BCUT2D eigenvalue weighted by atomic mass is 16.3. The van der Waals surface area contributed by atoms with Crippen LogP contribution in [0.25, 0.3) is 0 Å². The molecule has 5 N–H and O–H groups in total. The number of anilines is 1. The molecule has 1 aromatic heterocycles. The van der Waals surface area contributed by atoms with Crippen LogP contribution in [0.1, 0.15) is 18.6 Å². The topological polar surface area (TPSA) is 113 Å². The largest absolute Gasteiger partial charge is 0.388 e. The predicted molar refractivity (Wildman–Crippen MR) is 57.3 cm³/mol. The average Bonchev–Trinajstić information content (AvgIpc) is 2.55. The second-order valence-electron chi connectivity index (χ2n) is 3.56. The monoisotopic (exact) mass is 228 g/mol. The maximum atomic E-state index is 10.6. The molecule has 0 aromatic carbocycles. The molecule has 1 rings (SSSR count). The molecule has 1 heterocycles. The lowest BCUT2D eigenvalue weighted by Gasteiger charge is -2.17. The van der Waals surface area contributed by atoms with E-state index in [9.17, 15) is 15.0 Å². The number of nitrogens with one attached hydrogen (secondary N) is 1. The highest BCUT2D eigenvalue weighted by Crippen LogP contribution is 2.21. The summed E-state index contributed by atoms with van der Waals surface area (Å²) >= 11 is 0. The van der Waals surface area contributed by atoms with E-state index in [4.69, 9.17) is 5.73 Å². The van der Waals surface area contributed by atoms with Crippen LogP contribution >= 0.6 is 0 Å². The summed E-state index contributed by atoms with van der Waals surface area (Å²) in [7, 11) is 1.63. The Kier molecular flexibility index (Phi) is 3.86. The van der Waals surface area contributed by atoms with E-state index in [0.29, 0.717) is 5.56 Å². The first-order valence-corrected chi connectivity index (χ1v) is 4.81. The van der Waals surface area contributed by atoms with Gasteiger partial charge in [-0.3, -0.25) is 9.48 Å². The van der Waals surface area contributed by atoms with E-state index in [1.165, 1.54) is 17.8 Å². The number of carbonyl (C=O) groups excluding carboxylic acids is 1. The van der Waals surface area contributed by atoms with Gasteiger partial charge in [-0.25, -0.2) is 0 Å². The van der Waals surface area contributed by atoms with E-state index in [2.05, 4.69) is 10.4 Å². The number of aliphatic hydroxyl groups excluding tert-OH is 2. The van der Waals surface area contributed by atoms with E-state index in [1.54, 1.807) is 7.05 Å². The van der Waals surface area contributed by atoms with Gasteiger partial charge < -0.3 is 21.3 Å². The smallest absolute Gasteiger partial charge is 0.216 e. The van der Waals surface area contributed by atoms with Crippen LogP contribution in [0.15, 0.2) is 6.20 Å². The van der Waals surface area contributed by atoms with Gasteiger partial charge in [-0.15, -0.1) is 0 Å². The van der Waals surface area contributed by atoms with Crippen molar-refractivity contribution in [1.29, 1.82) is 0 Å². The van der Waals surface area contributed by atoms with Crippen molar-refractivity contribution in [2.75, 3.05) is 12.3 Å².